The van der Waals surface area contributed by atoms with Crippen LogP contribution in [0.25, 0.3) is 16.6 Å². The summed E-state index contributed by atoms with van der Waals surface area (Å²) in [6.45, 7) is 2.95. The summed E-state index contributed by atoms with van der Waals surface area (Å²) in [6, 6.07) is 11.1. The number of benzene rings is 1. The van der Waals surface area contributed by atoms with Gasteiger partial charge in [-0.15, -0.1) is 0 Å². The lowest BCUT2D eigenvalue weighted by Crippen LogP contribution is -2.31. The van der Waals surface area contributed by atoms with Crippen LogP contribution in [-0.4, -0.2) is 38.0 Å². The lowest BCUT2D eigenvalue weighted by Gasteiger charge is -2.18. The third kappa shape index (κ3) is 4.83. The van der Waals surface area contributed by atoms with Gasteiger partial charge in [-0.2, -0.15) is 13.2 Å². The monoisotopic (exact) mass is 510 g/mol. The number of alkyl halides is 3. The minimum absolute atomic E-state index is 0.0174. The van der Waals surface area contributed by atoms with Crippen molar-refractivity contribution in [2.45, 2.75) is 32.5 Å². The number of nitrogens with zero attached hydrogens (tertiary/aromatic N) is 4. The van der Waals surface area contributed by atoms with E-state index in [1.807, 2.05) is 30.1 Å². The van der Waals surface area contributed by atoms with E-state index in [1.54, 1.807) is 19.2 Å². The molecule has 37 heavy (non-hydrogen) atoms. The first-order chi connectivity index (χ1) is 17.6. The molecule has 1 amide bonds. The van der Waals surface area contributed by atoms with Crippen molar-refractivity contribution in [2.75, 3.05) is 13.1 Å². The highest BCUT2D eigenvalue weighted by Crippen LogP contribution is 2.30. The molecule has 3 aromatic heterocycles. The first-order valence-electron chi connectivity index (χ1n) is 11.9. The second-order valence-electron chi connectivity index (χ2n) is 9.10. The largest absolute Gasteiger partial charge is 0.489 e. The van der Waals surface area contributed by atoms with Crippen LogP contribution < -0.4 is 10.3 Å². The zero-order valence-corrected chi connectivity index (χ0v) is 20.4. The molecule has 5 rings (SSSR count). The molecule has 1 aromatic carbocycles. The average molecular weight is 511 g/mol. The molecular weight excluding hydrogens is 485 g/mol. The van der Waals surface area contributed by atoms with Crippen LogP contribution in [0.15, 0.2) is 59.7 Å². The summed E-state index contributed by atoms with van der Waals surface area (Å²) in [5, 5.41) is 1.12. The van der Waals surface area contributed by atoms with Crippen molar-refractivity contribution in [3.8, 4) is 11.4 Å². The zero-order valence-electron chi connectivity index (χ0n) is 20.4. The Labute approximate surface area is 210 Å². The van der Waals surface area contributed by atoms with Crippen LogP contribution in [0.2, 0.25) is 0 Å². The standard InChI is InChI=1S/C27H25F3N4O3/c1-17(35)33-10-8-22-21-5-4-19(13-24(21)32(2)23(22)9-11-33)34-12-7-20(14-26(34)36)37-16-18-3-6-25(31-15-18)27(28,29)30/h3-7,12-15H,8-11,16H2,1-2H3. The lowest BCUT2D eigenvalue weighted by molar-refractivity contribution is -0.141. The molecule has 1 aliphatic heterocycles. The fourth-order valence-electron chi connectivity index (χ4n) is 4.83. The molecule has 0 atom stereocenters. The van der Waals surface area contributed by atoms with Crippen LogP contribution in [0.4, 0.5) is 13.2 Å². The third-order valence-electron chi connectivity index (χ3n) is 6.81. The van der Waals surface area contributed by atoms with Gasteiger partial charge in [0, 0.05) is 68.6 Å². The van der Waals surface area contributed by atoms with Crippen molar-refractivity contribution < 1.29 is 22.7 Å². The van der Waals surface area contributed by atoms with E-state index in [1.165, 1.54) is 28.0 Å². The Morgan fingerprint density at radius 2 is 1.86 bits per heavy atom. The fourth-order valence-corrected chi connectivity index (χ4v) is 4.83. The van der Waals surface area contributed by atoms with Gasteiger partial charge in [-0.1, -0.05) is 12.1 Å². The summed E-state index contributed by atoms with van der Waals surface area (Å²) < 4.78 is 47.3. The smallest absolute Gasteiger partial charge is 0.433 e. The number of amides is 1. The van der Waals surface area contributed by atoms with Crippen molar-refractivity contribution in [2.24, 2.45) is 7.05 Å². The maximum Gasteiger partial charge on any atom is 0.433 e. The lowest BCUT2D eigenvalue weighted by atomic mass is 10.1. The Kier molecular flexibility index (Phi) is 6.26. The maximum absolute atomic E-state index is 12.9. The Balaban J connectivity index is 1.35. The topological polar surface area (TPSA) is 69.4 Å². The quantitative estimate of drug-likeness (QED) is 0.411. The number of ether oxygens (including phenoxy) is 1. The molecule has 0 bridgehead atoms. The Morgan fingerprint density at radius 1 is 1.08 bits per heavy atom. The van der Waals surface area contributed by atoms with Crippen LogP contribution in [0.1, 0.15) is 29.4 Å². The molecule has 192 valence electrons. The molecular formula is C27H25F3N4O3. The number of hydrogen-bond donors (Lipinski definition) is 0. The number of hydrogen-bond acceptors (Lipinski definition) is 4. The molecule has 0 aliphatic carbocycles. The number of rotatable bonds is 4. The fraction of sp³-hybridized carbons (Fsp3) is 0.296. The minimum Gasteiger partial charge on any atom is -0.489 e. The summed E-state index contributed by atoms with van der Waals surface area (Å²) in [5.74, 6) is 0.394. The number of aryl methyl sites for hydroxylation is 1. The average Bonchev–Trinajstić information content (AvgIpc) is 2.99. The van der Waals surface area contributed by atoms with E-state index in [-0.39, 0.29) is 18.1 Å². The predicted molar refractivity (Wildman–Crippen MR) is 132 cm³/mol. The molecule has 0 radical (unpaired) electrons. The zero-order chi connectivity index (χ0) is 26.3. The van der Waals surface area contributed by atoms with Crippen molar-refractivity contribution in [1.29, 1.82) is 0 Å². The molecule has 0 fully saturated rings. The van der Waals surface area contributed by atoms with Crippen LogP contribution >= 0.6 is 0 Å². The molecule has 4 heterocycles. The number of fused-ring (bicyclic) bond motifs is 3. The molecule has 0 saturated heterocycles. The van der Waals surface area contributed by atoms with Crippen molar-refractivity contribution in [3.63, 3.8) is 0 Å². The van der Waals surface area contributed by atoms with Gasteiger partial charge >= 0.3 is 6.18 Å². The molecule has 10 heteroatoms. The molecule has 7 nitrogen and oxygen atoms in total. The molecule has 0 saturated carbocycles. The highest BCUT2D eigenvalue weighted by Gasteiger charge is 2.32. The SMILES string of the molecule is CC(=O)N1CCc2c(n(C)c3cc(-n4ccc(OCc5ccc(C(F)(F)F)nc5)cc4=O)ccc23)CC1. The van der Waals surface area contributed by atoms with E-state index in [2.05, 4.69) is 9.55 Å². The molecule has 1 aliphatic rings. The van der Waals surface area contributed by atoms with Crippen molar-refractivity contribution >= 4 is 16.8 Å². The number of aromatic nitrogens is 3. The first-order valence-corrected chi connectivity index (χ1v) is 11.9. The number of pyridine rings is 2. The predicted octanol–water partition coefficient (Wildman–Crippen LogP) is 4.27. The second-order valence-corrected chi connectivity index (χ2v) is 9.10. The summed E-state index contributed by atoms with van der Waals surface area (Å²) in [4.78, 5) is 30.0. The van der Waals surface area contributed by atoms with E-state index >= 15 is 0 Å². The van der Waals surface area contributed by atoms with Gasteiger partial charge in [-0.25, -0.2) is 0 Å². The minimum atomic E-state index is -4.50. The normalized spacial score (nSPS) is 13.9. The highest BCUT2D eigenvalue weighted by atomic mass is 19.4. The van der Waals surface area contributed by atoms with Crippen LogP contribution in [0.3, 0.4) is 0 Å². The summed E-state index contributed by atoms with van der Waals surface area (Å²) in [6.07, 6.45) is -0.218. The summed E-state index contributed by atoms with van der Waals surface area (Å²) in [7, 11) is 2.00. The van der Waals surface area contributed by atoms with E-state index in [4.69, 9.17) is 4.74 Å². The Bertz CT molecular complexity index is 1540. The van der Waals surface area contributed by atoms with Gasteiger partial charge in [-0.05, 0) is 36.2 Å². The second kappa shape index (κ2) is 9.42. The van der Waals surface area contributed by atoms with E-state index in [0.29, 0.717) is 30.1 Å². The van der Waals surface area contributed by atoms with Gasteiger partial charge < -0.3 is 14.2 Å². The van der Waals surface area contributed by atoms with E-state index < -0.39 is 11.9 Å². The number of carbonyl (C=O) groups is 1. The summed E-state index contributed by atoms with van der Waals surface area (Å²) in [5.41, 5.74) is 3.35. The van der Waals surface area contributed by atoms with E-state index in [9.17, 15) is 22.8 Å². The van der Waals surface area contributed by atoms with Gasteiger partial charge in [0.2, 0.25) is 5.91 Å². The van der Waals surface area contributed by atoms with Crippen LogP contribution in [-0.2, 0) is 37.5 Å². The van der Waals surface area contributed by atoms with Gasteiger partial charge in [0.1, 0.15) is 18.1 Å². The summed E-state index contributed by atoms with van der Waals surface area (Å²) >= 11 is 0. The van der Waals surface area contributed by atoms with Gasteiger partial charge in [0.15, 0.2) is 0 Å². The highest BCUT2D eigenvalue weighted by molar-refractivity contribution is 5.87. The van der Waals surface area contributed by atoms with Crippen molar-refractivity contribution in [3.05, 3.63) is 87.7 Å². The molecule has 0 unspecified atom stereocenters. The van der Waals surface area contributed by atoms with Crippen molar-refractivity contribution in [1.82, 2.24) is 19.0 Å². The molecule has 0 N–H and O–H groups in total. The first kappa shape index (κ1) is 24.6. The van der Waals surface area contributed by atoms with Crippen LogP contribution in [0.5, 0.6) is 5.75 Å². The number of halogens is 3. The maximum atomic E-state index is 12.9. The van der Waals surface area contributed by atoms with E-state index in [0.717, 1.165) is 36.0 Å². The van der Waals surface area contributed by atoms with Gasteiger partial charge in [0.25, 0.3) is 5.56 Å². The Hall–Kier alpha value is -4.08. The third-order valence-corrected chi connectivity index (χ3v) is 6.81. The number of carbonyl (C=O) groups excluding carboxylic acids is 1. The van der Waals surface area contributed by atoms with Gasteiger partial charge in [0.05, 0.1) is 11.2 Å². The van der Waals surface area contributed by atoms with Crippen LogP contribution in [0, 0.1) is 0 Å². The molecule has 0 spiro atoms. The molecule has 4 aromatic rings. The van der Waals surface area contributed by atoms with Gasteiger partial charge in [-0.3, -0.25) is 19.1 Å². The Morgan fingerprint density at radius 3 is 2.54 bits per heavy atom.